The summed E-state index contributed by atoms with van der Waals surface area (Å²) in [6, 6.07) is 0. The maximum Gasteiger partial charge on any atom is 0.472 e. The van der Waals surface area contributed by atoms with Crippen molar-refractivity contribution in [2.75, 3.05) is 26.4 Å². The predicted molar refractivity (Wildman–Crippen MR) is 335 cm³/mol. The Morgan fingerprint density at radius 2 is 0.613 bits per heavy atom. The number of hydrogen-bond donors (Lipinski definition) is 2. The molecule has 2 N–H and O–H groups in total. The lowest BCUT2D eigenvalue weighted by molar-refractivity contribution is -0.161. The van der Waals surface area contributed by atoms with Crippen LogP contribution in [0.25, 0.3) is 0 Å². The van der Waals surface area contributed by atoms with E-state index in [-0.39, 0.29) is 25.9 Å². The van der Waals surface area contributed by atoms with Gasteiger partial charge in [-0.2, -0.15) is 0 Å². The summed E-state index contributed by atoms with van der Waals surface area (Å²) >= 11 is 0. The van der Waals surface area contributed by atoms with Gasteiger partial charge in [-0.3, -0.25) is 23.4 Å². The zero-order chi connectivity index (χ0) is 58.3. The maximum absolute atomic E-state index is 13.0. The molecule has 80 heavy (non-hydrogen) atoms. The third-order valence-corrected chi connectivity index (χ3v) is 15.7. The Morgan fingerprint density at radius 1 is 0.350 bits per heavy atom. The van der Waals surface area contributed by atoms with E-state index in [1.165, 1.54) is 180 Å². The first-order valence-electron chi connectivity index (χ1n) is 33.5. The van der Waals surface area contributed by atoms with Gasteiger partial charge in [0.25, 0.3) is 0 Å². The topological polar surface area (TPSA) is 155 Å². The number of ether oxygens (including phenoxy) is 3. The third-order valence-electron chi connectivity index (χ3n) is 14.7. The quantitative estimate of drug-likeness (QED) is 0.0197. The average molecular weight is 1150 g/mol. The smallest absolute Gasteiger partial charge is 0.462 e. The van der Waals surface area contributed by atoms with Crippen LogP contribution in [0, 0.1) is 0 Å². The monoisotopic (exact) mass is 1150 g/mol. The van der Waals surface area contributed by atoms with Gasteiger partial charge in [-0.25, -0.2) is 4.57 Å². The van der Waals surface area contributed by atoms with Gasteiger partial charge in [0.2, 0.25) is 0 Å². The number of rotatable bonds is 63. The van der Waals surface area contributed by atoms with Crippen LogP contribution < -0.4 is 0 Å². The first kappa shape index (κ1) is 77.4. The van der Waals surface area contributed by atoms with Crippen LogP contribution in [-0.2, 0) is 42.2 Å². The van der Waals surface area contributed by atoms with Crippen molar-refractivity contribution < 1.29 is 52.2 Å². The van der Waals surface area contributed by atoms with Crippen molar-refractivity contribution in [2.45, 2.75) is 341 Å². The van der Waals surface area contributed by atoms with Crippen LogP contribution in [0.4, 0.5) is 0 Å². The summed E-state index contributed by atoms with van der Waals surface area (Å²) in [6.07, 6.45) is 69.1. The second kappa shape index (κ2) is 62.5. The molecule has 3 atom stereocenters. The average Bonchev–Trinajstić information content (AvgIpc) is 3.45. The van der Waals surface area contributed by atoms with E-state index < -0.39 is 57.8 Å². The van der Waals surface area contributed by atoms with E-state index in [1.54, 1.807) is 0 Å². The molecule has 468 valence electrons. The highest BCUT2D eigenvalue weighted by Crippen LogP contribution is 2.43. The lowest BCUT2D eigenvalue weighted by Crippen LogP contribution is -2.30. The van der Waals surface area contributed by atoms with E-state index in [0.29, 0.717) is 19.3 Å². The number of allylic oxidation sites excluding steroid dienone is 8. The molecular formula is C68H125O11P. The van der Waals surface area contributed by atoms with Gasteiger partial charge >= 0.3 is 25.7 Å². The number of carbonyl (C=O) groups is 3. The third kappa shape index (κ3) is 60.0. The van der Waals surface area contributed by atoms with Crippen molar-refractivity contribution in [1.82, 2.24) is 0 Å². The fraction of sp³-hybridized carbons (Fsp3) is 0.838. The van der Waals surface area contributed by atoms with Crippen LogP contribution in [0.3, 0.4) is 0 Å². The molecule has 0 radical (unpaired) electrons. The second-order valence-corrected chi connectivity index (χ2v) is 24.1. The lowest BCUT2D eigenvalue weighted by atomic mass is 10.0. The van der Waals surface area contributed by atoms with Gasteiger partial charge in [0.15, 0.2) is 6.10 Å². The molecule has 0 saturated carbocycles. The van der Waals surface area contributed by atoms with E-state index in [4.69, 9.17) is 23.3 Å². The number of unbranched alkanes of at least 4 members (excludes halogenated alkanes) is 38. The Balaban J connectivity index is 4.69. The van der Waals surface area contributed by atoms with Crippen LogP contribution in [0.15, 0.2) is 48.6 Å². The molecule has 0 aliphatic carbocycles. The van der Waals surface area contributed by atoms with Crippen LogP contribution in [0.1, 0.15) is 329 Å². The number of phosphoric ester groups is 1. The van der Waals surface area contributed by atoms with E-state index in [2.05, 4.69) is 69.4 Å². The Hall–Kier alpha value is -2.56. The summed E-state index contributed by atoms with van der Waals surface area (Å²) in [6.45, 7) is 4.67. The molecule has 0 spiro atoms. The molecule has 0 aliphatic heterocycles. The lowest BCUT2D eigenvalue weighted by Gasteiger charge is -2.21. The number of carbonyl (C=O) groups excluding carboxylic acids is 3. The van der Waals surface area contributed by atoms with Gasteiger partial charge in [-0.05, 0) is 83.5 Å². The Kier molecular flexibility index (Phi) is 60.5. The van der Waals surface area contributed by atoms with Crippen molar-refractivity contribution in [3.05, 3.63) is 48.6 Å². The first-order valence-corrected chi connectivity index (χ1v) is 35.0. The van der Waals surface area contributed by atoms with Crippen molar-refractivity contribution >= 4 is 25.7 Å². The molecule has 0 aromatic rings. The zero-order valence-electron chi connectivity index (χ0n) is 52.1. The molecule has 0 aromatic carbocycles. The highest BCUT2D eigenvalue weighted by atomic mass is 31.2. The van der Waals surface area contributed by atoms with Gasteiger partial charge < -0.3 is 24.2 Å². The number of aliphatic hydroxyl groups is 1. The van der Waals surface area contributed by atoms with Crippen molar-refractivity contribution in [3.8, 4) is 0 Å². The fourth-order valence-corrected chi connectivity index (χ4v) is 10.4. The molecule has 0 fully saturated rings. The maximum atomic E-state index is 13.0. The normalized spacial score (nSPS) is 13.5. The summed E-state index contributed by atoms with van der Waals surface area (Å²) in [5, 5.41) is 9.86. The molecule has 0 saturated heterocycles. The Morgan fingerprint density at radius 3 is 0.975 bits per heavy atom. The predicted octanol–water partition coefficient (Wildman–Crippen LogP) is 20.5. The Labute approximate surface area is 492 Å². The highest BCUT2D eigenvalue weighted by Gasteiger charge is 2.28. The standard InChI is InChI=1S/C68H125O11P/c1-4-7-10-13-16-19-22-25-28-30-32-34-37-39-42-45-48-51-54-57-66(70)75-61-65(79-68(72)59-56-53-50-47-44-41-38-35-33-31-29-26-23-20-17-14-11-8-5-2)63-77-80(73,74)76-62-64(60-69)78-67(71)58-55-52-49-46-43-40-36-27-24-21-18-15-12-9-6-3/h17,20,25-26,28-29,33,35,64-65,69H,4-16,18-19,21-24,27,30-32,34,36-63H2,1-3H3,(H,73,74)/b20-17-,28-25-,29-26-,35-33-. The molecule has 3 unspecified atom stereocenters. The SMILES string of the molecule is CCCCC/C=C\C/C=C\C/C=C\CCCCCCCCC(=O)OC(COC(=O)CCCCCCCCCCC/C=C\CCCCCCCC)COP(=O)(O)OCC(CO)OC(=O)CCCCCCCCCCCCCCCCC. The van der Waals surface area contributed by atoms with Crippen LogP contribution >= 0.6 is 7.82 Å². The van der Waals surface area contributed by atoms with Crippen molar-refractivity contribution in [1.29, 1.82) is 0 Å². The van der Waals surface area contributed by atoms with Crippen LogP contribution in [-0.4, -0.2) is 66.5 Å². The van der Waals surface area contributed by atoms with Gasteiger partial charge in [-0.1, -0.05) is 275 Å². The summed E-state index contributed by atoms with van der Waals surface area (Å²) in [5.74, 6) is -1.46. The van der Waals surface area contributed by atoms with Gasteiger partial charge in [0, 0.05) is 19.3 Å². The van der Waals surface area contributed by atoms with Gasteiger partial charge in [0.05, 0.1) is 19.8 Å². The minimum absolute atomic E-state index is 0.155. The Bertz CT molecular complexity index is 1530. The minimum Gasteiger partial charge on any atom is -0.462 e. The number of phosphoric acid groups is 1. The zero-order valence-corrected chi connectivity index (χ0v) is 53.0. The fourth-order valence-electron chi connectivity index (χ4n) is 9.60. The highest BCUT2D eigenvalue weighted by molar-refractivity contribution is 7.47. The number of hydrogen-bond acceptors (Lipinski definition) is 10. The molecule has 0 aromatic heterocycles. The molecule has 0 rings (SSSR count). The second-order valence-electron chi connectivity index (χ2n) is 22.6. The number of esters is 3. The molecule has 11 nitrogen and oxygen atoms in total. The van der Waals surface area contributed by atoms with Crippen molar-refractivity contribution in [3.63, 3.8) is 0 Å². The minimum atomic E-state index is -4.76. The van der Waals surface area contributed by atoms with E-state index in [0.717, 1.165) is 89.9 Å². The molecule has 0 aliphatic rings. The molecule has 0 heterocycles. The molecule has 0 bridgehead atoms. The summed E-state index contributed by atoms with van der Waals surface area (Å²) in [7, 11) is -4.76. The van der Waals surface area contributed by atoms with E-state index in [1.807, 2.05) is 0 Å². The van der Waals surface area contributed by atoms with Crippen LogP contribution in [0.5, 0.6) is 0 Å². The molecule has 0 amide bonds. The largest absolute Gasteiger partial charge is 0.472 e. The van der Waals surface area contributed by atoms with Gasteiger partial charge in [-0.15, -0.1) is 0 Å². The van der Waals surface area contributed by atoms with E-state index in [9.17, 15) is 28.9 Å². The van der Waals surface area contributed by atoms with Gasteiger partial charge in [0.1, 0.15) is 12.7 Å². The summed E-state index contributed by atoms with van der Waals surface area (Å²) in [5.41, 5.74) is 0. The molecule has 12 heteroatoms. The van der Waals surface area contributed by atoms with Crippen LogP contribution in [0.2, 0.25) is 0 Å². The molecular weight excluding hydrogens is 1020 g/mol. The van der Waals surface area contributed by atoms with Crippen molar-refractivity contribution in [2.24, 2.45) is 0 Å². The number of aliphatic hydroxyl groups excluding tert-OH is 1. The summed E-state index contributed by atoms with van der Waals surface area (Å²) < 4.78 is 39.7. The first-order chi connectivity index (χ1) is 39.2. The summed E-state index contributed by atoms with van der Waals surface area (Å²) in [4.78, 5) is 48.8. The van der Waals surface area contributed by atoms with E-state index >= 15 is 0 Å².